The molecule has 0 aromatic heterocycles. The Balaban J connectivity index is 0.00000132. The molecule has 0 aliphatic carbocycles. The van der Waals surface area contributed by atoms with Crippen molar-refractivity contribution >= 4 is 23.4 Å². The Hall–Kier alpha value is -3.06. The van der Waals surface area contributed by atoms with Crippen molar-refractivity contribution in [3.8, 4) is 16.9 Å². The number of thioether (sulfide) groups is 1. The van der Waals surface area contributed by atoms with Crippen LogP contribution in [0.25, 0.3) is 11.1 Å². The van der Waals surface area contributed by atoms with Crippen LogP contribution in [0.3, 0.4) is 0 Å². The lowest BCUT2D eigenvalue weighted by atomic mass is 10.0. The second kappa shape index (κ2) is 9.83. The minimum absolute atomic E-state index is 0.125. The number of halogens is 2. The van der Waals surface area contributed by atoms with Crippen LogP contribution in [0, 0.1) is 18.6 Å². The van der Waals surface area contributed by atoms with E-state index in [0.717, 1.165) is 33.8 Å². The normalized spacial score (nSPS) is 14.2. The van der Waals surface area contributed by atoms with E-state index in [9.17, 15) is 13.6 Å². The molecule has 31 heavy (non-hydrogen) atoms. The van der Waals surface area contributed by atoms with Crippen LogP contribution in [0.1, 0.15) is 29.8 Å². The molecule has 0 saturated carbocycles. The standard InChI is InChI=1S/C22H18F2N2O2S.C2H6/c1-12-3-2-4-13(9-12)14-5-8-18-16(10-14)26-19(29-18)11-28-17-7-6-15(23)20(21(17)24)22(25)27;1-2/h2-10,19,26H,11H2,1H3,(H2,25,27);1-2H3. The van der Waals surface area contributed by atoms with Crippen LogP contribution in [0.2, 0.25) is 0 Å². The minimum Gasteiger partial charge on any atom is -0.487 e. The van der Waals surface area contributed by atoms with Crippen LogP contribution in [-0.2, 0) is 0 Å². The van der Waals surface area contributed by atoms with Gasteiger partial charge in [0.05, 0.1) is 0 Å². The number of nitrogens with two attached hydrogens (primary N) is 1. The number of aryl methyl sites for hydroxylation is 1. The van der Waals surface area contributed by atoms with Crippen molar-refractivity contribution in [1.82, 2.24) is 0 Å². The molecular formula is C24H24F2N2O2S. The minimum atomic E-state index is -1.17. The van der Waals surface area contributed by atoms with E-state index in [0.29, 0.717) is 0 Å². The number of nitrogens with one attached hydrogen (secondary N) is 1. The molecule has 3 aromatic carbocycles. The van der Waals surface area contributed by atoms with Crippen molar-refractivity contribution in [1.29, 1.82) is 0 Å². The van der Waals surface area contributed by atoms with Crippen LogP contribution in [-0.4, -0.2) is 17.9 Å². The van der Waals surface area contributed by atoms with Gasteiger partial charge >= 0.3 is 0 Å². The van der Waals surface area contributed by atoms with E-state index in [1.54, 1.807) is 11.8 Å². The van der Waals surface area contributed by atoms with Gasteiger partial charge in [0.2, 0.25) is 0 Å². The molecule has 162 valence electrons. The lowest BCUT2D eigenvalue weighted by Crippen LogP contribution is -2.21. The van der Waals surface area contributed by atoms with Crippen LogP contribution in [0.4, 0.5) is 14.5 Å². The summed E-state index contributed by atoms with van der Waals surface area (Å²) in [7, 11) is 0. The Morgan fingerprint density at radius 3 is 2.55 bits per heavy atom. The summed E-state index contributed by atoms with van der Waals surface area (Å²) < 4.78 is 33.4. The predicted octanol–water partition coefficient (Wildman–Crippen LogP) is 5.99. The summed E-state index contributed by atoms with van der Waals surface area (Å²) in [5.74, 6) is -3.47. The first-order valence-corrected chi connectivity index (χ1v) is 10.9. The van der Waals surface area contributed by atoms with Crippen molar-refractivity contribution in [3.63, 3.8) is 0 Å². The number of primary amides is 1. The molecule has 0 bridgehead atoms. The number of carbonyl (C=O) groups excluding carboxylic acids is 1. The number of fused-ring (bicyclic) bond motifs is 1. The maximum absolute atomic E-state index is 14.3. The highest BCUT2D eigenvalue weighted by Gasteiger charge is 2.24. The summed E-state index contributed by atoms with van der Waals surface area (Å²) in [5.41, 5.74) is 8.64. The van der Waals surface area contributed by atoms with Gasteiger partial charge in [-0.25, -0.2) is 8.78 Å². The van der Waals surface area contributed by atoms with Crippen molar-refractivity contribution in [2.45, 2.75) is 31.0 Å². The van der Waals surface area contributed by atoms with Crippen LogP contribution >= 0.6 is 11.8 Å². The summed E-state index contributed by atoms with van der Waals surface area (Å²) in [6.45, 7) is 6.18. The molecule has 1 heterocycles. The molecule has 4 nitrogen and oxygen atoms in total. The van der Waals surface area contributed by atoms with Gasteiger partial charge in [-0.3, -0.25) is 4.79 Å². The number of hydrogen-bond acceptors (Lipinski definition) is 4. The quantitative estimate of drug-likeness (QED) is 0.510. The molecule has 4 rings (SSSR count). The highest BCUT2D eigenvalue weighted by Crippen LogP contribution is 2.41. The summed E-state index contributed by atoms with van der Waals surface area (Å²) in [6, 6.07) is 16.5. The zero-order valence-electron chi connectivity index (χ0n) is 17.5. The summed E-state index contributed by atoms with van der Waals surface area (Å²) >= 11 is 1.56. The van der Waals surface area contributed by atoms with Crippen molar-refractivity contribution in [2.75, 3.05) is 11.9 Å². The van der Waals surface area contributed by atoms with Gasteiger partial charge in [-0.15, -0.1) is 0 Å². The molecule has 3 aromatic rings. The number of amides is 1. The van der Waals surface area contributed by atoms with E-state index in [2.05, 4.69) is 42.6 Å². The van der Waals surface area contributed by atoms with Gasteiger partial charge in [0, 0.05) is 10.6 Å². The molecular weight excluding hydrogens is 418 g/mol. The third-order valence-electron chi connectivity index (χ3n) is 4.61. The monoisotopic (exact) mass is 442 g/mol. The van der Waals surface area contributed by atoms with Crippen molar-refractivity contribution < 1.29 is 18.3 Å². The molecule has 1 aliphatic rings. The lowest BCUT2D eigenvalue weighted by molar-refractivity contribution is 0.0991. The third kappa shape index (κ3) is 4.99. The van der Waals surface area contributed by atoms with Gasteiger partial charge in [-0.2, -0.15) is 0 Å². The maximum Gasteiger partial charge on any atom is 0.254 e. The third-order valence-corrected chi connectivity index (χ3v) is 5.76. The van der Waals surface area contributed by atoms with Crippen molar-refractivity contribution in [3.05, 3.63) is 77.4 Å². The second-order valence-corrected chi connectivity index (χ2v) is 7.99. The summed E-state index contributed by atoms with van der Waals surface area (Å²) in [5, 5.41) is 3.19. The molecule has 0 spiro atoms. The smallest absolute Gasteiger partial charge is 0.254 e. The van der Waals surface area contributed by atoms with Gasteiger partial charge in [0.15, 0.2) is 11.6 Å². The van der Waals surface area contributed by atoms with E-state index < -0.39 is 23.1 Å². The Morgan fingerprint density at radius 2 is 1.84 bits per heavy atom. The lowest BCUT2D eigenvalue weighted by Gasteiger charge is -2.14. The molecule has 1 atom stereocenters. The van der Waals surface area contributed by atoms with Gasteiger partial charge < -0.3 is 15.8 Å². The number of ether oxygens (including phenoxy) is 1. The van der Waals surface area contributed by atoms with E-state index in [1.807, 2.05) is 26.0 Å². The molecule has 0 radical (unpaired) electrons. The second-order valence-electron chi connectivity index (χ2n) is 6.74. The Morgan fingerprint density at radius 1 is 1.10 bits per heavy atom. The van der Waals surface area contributed by atoms with Gasteiger partial charge in [0.25, 0.3) is 5.91 Å². The van der Waals surface area contributed by atoms with E-state index >= 15 is 0 Å². The van der Waals surface area contributed by atoms with Gasteiger partial charge in [-0.05, 0) is 42.3 Å². The van der Waals surface area contributed by atoms with Gasteiger partial charge in [0.1, 0.15) is 23.4 Å². The topological polar surface area (TPSA) is 64.3 Å². The fraction of sp³-hybridized carbons (Fsp3) is 0.208. The molecule has 3 N–H and O–H groups in total. The Bertz CT molecular complexity index is 1100. The number of rotatable bonds is 5. The molecule has 0 saturated heterocycles. The fourth-order valence-corrected chi connectivity index (χ4v) is 4.24. The molecule has 1 aliphatic heterocycles. The summed E-state index contributed by atoms with van der Waals surface area (Å²) in [6.07, 6.45) is 0. The average Bonchev–Trinajstić information content (AvgIpc) is 3.16. The van der Waals surface area contributed by atoms with E-state index in [4.69, 9.17) is 10.5 Å². The predicted molar refractivity (Wildman–Crippen MR) is 122 cm³/mol. The van der Waals surface area contributed by atoms with E-state index in [1.165, 1.54) is 5.56 Å². The van der Waals surface area contributed by atoms with Gasteiger partial charge in [-0.1, -0.05) is 61.5 Å². The SMILES string of the molecule is CC.Cc1cccc(-c2ccc3c(c2)NC(COc2ccc(F)c(C(N)=O)c2F)S3)c1. The highest BCUT2D eigenvalue weighted by atomic mass is 32.2. The Kier molecular flexibility index (Phi) is 7.17. The number of benzene rings is 3. The molecule has 1 amide bonds. The largest absolute Gasteiger partial charge is 0.487 e. The van der Waals surface area contributed by atoms with Crippen LogP contribution in [0.5, 0.6) is 5.75 Å². The molecule has 7 heteroatoms. The first kappa shape index (κ1) is 22.6. The number of carbonyl (C=O) groups is 1. The zero-order valence-corrected chi connectivity index (χ0v) is 18.4. The fourth-order valence-electron chi connectivity index (χ4n) is 3.22. The zero-order chi connectivity index (χ0) is 22.5. The van der Waals surface area contributed by atoms with E-state index in [-0.39, 0.29) is 17.7 Å². The van der Waals surface area contributed by atoms with Crippen LogP contribution < -0.4 is 15.8 Å². The molecule has 1 unspecified atom stereocenters. The maximum atomic E-state index is 14.3. The first-order valence-electron chi connectivity index (χ1n) is 9.97. The van der Waals surface area contributed by atoms with Crippen molar-refractivity contribution in [2.24, 2.45) is 5.73 Å². The molecule has 0 fully saturated rings. The Labute approximate surface area is 184 Å². The number of anilines is 1. The van der Waals surface area contributed by atoms with Crippen LogP contribution in [0.15, 0.2) is 59.5 Å². The number of hydrogen-bond donors (Lipinski definition) is 2. The highest BCUT2D eigenvalue weighted by molar-refractivity contribution is 8.00. The average molecular weight is 443 g/mol. The first-order chi connectivity index (χ1) is 14.9. The summed E-state index contributed by atoms with van der Waals surface area (Å²) in [4.78, 5) is 12.3.